The van der Waals surface area contributed by atoms with Crippen molar-refractivity contribution in [1.82, 2.24) is 0 Å². The monoisotopic (exact) mass is 141 g/mol. The van der Waals surface area contributed by atoms with Crippen molar-refractivity contribution in [3.63, 3.8) is 0 Å². The molecule has 0 aromatic rings. The molecule has 0 rings (SSSR count). The van der Waals surface area contributed by atoms with Crippen LogP contribution in [-0.4, -0.2) is 19.5 Å². The highest BCUT2D eigenvalue weighted by Crippen LogP contribution is 2.07. The van der Waals surface area contributed by atoms with Crippen LogP contribution in [0.3, 0.4) is 0 Å². The quantitative estimate of drug-likeness (QED) is 0.422. The van der Waals surface area contributed by atoms with Gasteiger partial charge in [-0.15, -0.1) is 0 Å². The van der Waals surface area contributed by atoms with Crippen molar-refractivity contribution in [3.8, 4) is 0 Å². The average Bonchev–Trinajstić information content (AvgIpc) is 1.59. The van der Waals surface area contributed by atoms with Crippen LogP contribution in [0.2, 0.25) is 0 Å². The Morgan fingerprint density at radius 3 is 2.11 bits per heavy atom. The van der Waals surface area contributed by atoms with E-state index in [1.165, 1.54) is 0 Å². The predicted octanol–water partition coefficient (Wildman–Crippen LogP) is 0.936. The van der Waals surface area contributed by atoms with Gasteiger partial charge in [-0.3, -0.25) is 4.79 Å². The second kappa shape index (κ2) is 2.75. The molecule has 9 heavy (non-hydrogen) atoms. The number of hydrogen-bond donors (Lipinski definition) is 0. The molecule has 0 heterocycles. The Bertz CT molecular complexity index is 110. The molecule has 0 aliphatic rings. The molecule has 0 spiro atoms. The summed E-state index contributed by atoms with van der Waals surface area (Å²) in [6, 6.07) is 0. The minimum atomic E-state index is -4.97. The molecule has 0 saturated carbocycles. The number of ether oxygens (including phenoxy) is 1. The minimum absolute atomic E-state index is 0.908. The van der Waals surface area contributed by atoms with Crippen LogP contribution >= 0.6 is 0 Å². The zero-order valence-electron chi connectivity index (χ0n) is 4.73. The van der Waals surface area contributed by atoms with Gasteiger partial charge in [0.05, 0.1) is 6.51 Å². The third-order valence-corrected chi connectivity index (χ3v) is 0.476. The van der Waals surface area contributed by atoms with Gasteiger partial charge in [-0.05, 0) is 0 Å². The van der Waals surface area contributed by atoms with Crippen molar-refractivity contribution in [3.05, 3.63) is 0 Å². The lowest BCUT2D eigenvalue weighted by Crippen LogP contribution is -2.25. The van der Waals surface area contributed by atoms with Crippen molar-refractivity contribution in [2.75, 3.05) is 6.51 Å². The summed E-state index contributed by atoms with van der Waals surface area (Å²) in [5, 5.41) is 0. The maximum absolute atomic E-state index is 11.2. The van der Waals surface area contributed by atoms with Crippen LogP contribution in [0.1, 0.15) is 6.92 Å². The first-order chi connectivity index (χ1) is 3.92. The predicted molar refractivity (Wildman–Crippen MR) is 25.7 cm³/mol. The normalized spacial score (nSPS) is 11.1. The summed E-state index contributed by atoms with van der Waals surface area (Å²) in [7, 11) is 0. The molecule has 0 bridgehead atoms. The van der Waals surface area contributed by atoms with Crippen molar-refractivity contribution < 1.29 is 22.5 Å². The molecule has 54 valence electrons. The molecule has 0 amide bonds. The summed E-state index contributed by atoms with van der Waals surface area (Å²) in [6.07, 6.45) is 0. The van der Waals surface area contributed by atoms with Gasteiger partial charge in [0.25, 0.3) is 5.97 Å². The molecule has 0 N–H and O–H groups in total. The maximum atomic E-state index is 11.2. The van der Waals surface area contributed by atoms with Gasteiger partial charge >= 0.3 is 6.98 Å². The van der Waals surface area contributed by atoms with Gasteiger partial charge in [0.15, 0.2) is 0 Å². The second-order valence-electron chi connectivity index (χ2n) is 1.51. The van der Waals surface area contributed by atoms with E-state index in [2.05, 4.69) is 4.74 Å². The van der Waals surface area contributed by atoms with E-state index in [4.69, 9.17) is 0 Å². The molecule has 0 aromatic carbocycles. The highest BCUT2D eigenvalue weighted by Gasteiger charge is 2.24. The number of halogens is 3. The molecule has 6 heteroatoms. The Morgan fingerprint density at radius 1 is 1.56 bits per heavy atom. The van der Waals surface area contributed by atoms with Crippen LogP contribution in [-0.2, 0) is 9.53 Å². The third kappa shape index (κ3) is 7.32. The van der Waals surface area contributed by atoms with Gasteiger partial charge in [0.1, 0.15) is 0 Å². The summed E-state index contributed by atoms with van der Waals surface area (Å²) in [6.45, 7) is -5.48. The van der Waals surface area contributed by atoms with Crippen LogP contribution in [0.5, 0.6) is 0 Å². The summed E-state index contributed by atoms with van der Waals surface area (Å²) >= 11 is 0. The maximum Gasteiger partial charge on any atom is 0.515 e. The summed E-state index contributed by atoms with van der Waals surface area (Å²) < 4.78 is 37.3. The van der Waals surface area contributed by atoms with E-state index < -0.39 is 19.5 Å². The van der Waals surface area contributed by atoms with Crippen molar-refractivity contribution in [2.45, 2.75) is 6.92 Å². The average molecular weight is 141 g/mol. The highest BCUT2D eigenvalue weighted by molar-refractivity contribution is 6.58. The fourth-order valence-corrected chi connectivity index (χ4v) is 0.212. The first-order valence-corrected chi connectivity index (χ1v) is 2.26. The zero-order valence-corrected chi connectivity index (χ0v) is 4.73. The third-order valence-electron chi connectivity index (χ3n) is 0.476. The molecule has 0 saturated heterocycles. The molecule has 2 nitrogen and oxygen atoms in total. The first kappa shape index (κ1) is 8.32. The number of carbonyl (C=O) groups is 1. The molecule has 0 radical (unpaired) electrons. The highest BCUT2D eigenvalue weighted by atomic mass is 19.4. The Hall–Kier alpha value is -0.675. The standard InChI is InChI=1S/C3H5BF3O2/c1-3(8)9-2-4(5,6)7/h2H2,1H3/q-1. The summed E-state index contributed by atoms with van der Waals surface area (Å²) in [5.41, 5.74) is 0. The second-order valence-corrected chi connectivity index (χ2v) is 1.51. The molecule has 0 aliphatic heterocycles. The smallest absolute Gasteiger partial charge is 0.496 e. The van der Waals surface area contributed by atoms with Gasteiger partial charge in [-0.2, -0.15) is 0 Å². The number of rotatable bonds is 2. The Balaban J connectivity index is 3.39. The number of esters is 1. The van der Waals surface area contributed by atoms with E-state index in [1.54, 1.807) is 0 Å². The first-order valence-electron chi connectivity index (χ1n) is 2.26. The molecular weight excluding hydrogens is 136 g/mol. The lowest BCUT2D eigenvalue weighted by Gasteiger charge is -2.11. The fourth-order valence-electron chi connectivity index (χ4n) is 0.212. The van der Waals surface area contributed by atoms with Crippen molar-refractivity contribution in [1.29, 1.82) is 0 Å². The SMILES string of the molecule is CC(=O)OC[B-](F)(F)F. The lowest BCUT2D eigenvalue weighted by molar-refractivity contribution is -0.139. The van der Waals surface area contributed by atoms with E-state index >= 15 is 0 Å². The molecule has 0 unspecified atom stereocenters. The van der Waals surface area contributed by atoms with Gasteiger partial charge in [-0.25, -0.2) is 0 Å². The lowest BCUT2D eigenvalue weighted by atomic mass is 9.95. The van der Waals surface area contributed by atoms with Gasteiger partial charge in [-0.1, -0.05) is 0 Å². The Morgan fingerprint density at radius 2 is 2.00 bits per heavy atom. The summed E-state index contributed by atoms with van der Waals surface area (Å²) in [5.74, 6) is -0.908. The Labute approximate surface area is 50.0 Å². The van der Waals surface area contributed by atoms with Crippen LogP contribution in [0.15, 0.2) is 0 Å². The topological polar surface area (TPSA) is 26.3 Å². The van der Waals surface area contributed by atoms with E-state index in [0.717, 1.165) is 6.92 Å². The summed E-state index contributed by atoms with van der Waals surface area (Å²) in [4.78, 5) is 9.78. The van der Waals surface area contributed by atoms with Gasteiger partial charge in [0.2, 0.25) is 0 Å². The zero-order chi connectivity index (χ0) is 7.49. The molecular formula is C3H5BF3O2-. The Kier molecular flexibility index (Phi) is 2.54. The van der Waals surface area contributed by atoms with Crippen molar-refractivity contribution >= 4 is 12.9 Å². The van der Waals surface area contributed by atoms with Crippen LogP contribution < -0.4 is 0 Å². The molecule has 0 fully saturated rings. The number of carbonyl (C=O) groups excluding carboxylic acids is 1. The van der Waals surface area contributed by atoms with Crippen LogP contribution in [0, 0.1) is 0 Å². The van der Waals surface area contributed by atoms with Crippen molar-refractivity contribution in [2.24, 2.45) is 0 Å². The van der Waals surface area contributed by atoms with E-state index in [-0.39, 0.29) is 0 Å². The molecule has 0 aromatic heterocycles. The van der Waals surface area contributed by atoms with Crippen LogP contribution in [0.4, 0.5) is 12.9 Å². The van der Waals surface area contributed by atoms with Crippen LogP contribution in [0.25, 0.3) is 0 Å². The van der Waals surface area contributed by atoms with Gasteiger partial charge in [0, 0.05) is 6.92 Å². The molecule has 0 atom stereocenters. The minimum Gasteiger partial charge on any atom is -0.496 e. The number of hydrogen-bond acceptors (Lipinski definition) is 2. The largest absolute Gasteiger partial charge is 0.515 e. The van der Waals surface area contributed by atoms with E-state index in [9.17, 15) is 17.7 Å². The fraction of sp³-hybridized carbons (Fsp3) is 0.667. The van der Waals surface area contributed by atoms with E-state index in [1.807, 2.05) is 0 Å². The van der Waals surface area contributed by atoms with E-state index in [0.29, 0.717) is 0 Å². The molecule has 0 aliphatic carbocycles. The van der Waals surface area contributed by atoms with Gasteiger partial charge < -0.3 is 17.7 Å².